The molecule has 1 unspecified atom stereocenters. The molecule has 152 valence electrons. The maximum absolute atomic E-state index is 12.2. The third-order valence-corrected chi connectivity index (χ3v) is 4.01. The van der Waals surface area contributed by atoms with Gasteiger partial charge in [-0.2, -0.15) is 0 Å². The second-order valence-corrected chi connectivity index (χ2v) is 6.27. The summed E-state index contributed by atoms with van der Waals surface area (Å²) in [6, 6.07) is 17.6. The lowest BCUT2D eigenvalue weighted by molar-refractivity contribution is -0.156. The highest BCUT2D eigenvalue weighted by Gasteiger charge is 2.27. The van der Waals surface area contributed by atoms with E-state index in [9.17, 15) is 19.2 Å². The van der Waals surface area contributed by atoms with Crippen molar-refractivity contribution < 1.29 is 28.7 Å². The predicted molar refractivity (Wildman–Crippen MR) is 105 cm³/mol. The second-order valence-electron chi connectivity index (χ2n) is 6.27. The van der Waals surface area contributed by atoms with Crippen LogP contribution in [0.1, 0.15) is 24.5 Å². The van der Waals surface area contributed by atoms with Crippen molar-refractivity contribution in [3.63, 3.8) is 0 Å². The smallest absolute Gasteiger partial charge is 0.407 e. The van der Waals surface area contributed by atoms with Crippen LogP contribution in [0.5, 0.6) is 0 Å². The average Bonchev–Trinajstić information content (AvgIpc) is 2.73. The Morgan fingerprint density at radius 3 is 2.03 bits per heavy atom. The molecule has 0 spiro atoms. The summed E-state index contributed by atoms with van der Waals surface area (Å²) in [5.41, 5.74) is 1.67. The van der Waals surface area contributed by atoms with E-state index >= 15 is 0 Å². The number of carbonyl (C=O) groups excluding carboxylic acids is 4. The van der Waals surface area contributed by atoms with Gasteiger partial charge in [-0.1, -0.05) is 60.7 Å². The zero-order valence-corrected chi connectivity index (χ0v) is 16.1. The topological polar surface area (TPSA) is 98.8 Å². The van der Waals surface area contributed by atoms with Crippen molar-refractivity contribution >= 4 is 23.6 Å². The number of Topliss-reactive ketones (excluding diaryl/α,β-unsaturated/α-hetero) is 2. The molecule has 0 aromatic heterocycles. The molecule has 0 fully saturated rings. The molecule has 0 aliphatic rings. The number of alkyl carbamates (subject to hydrolysis) is 1. The van der Waals surface area contributed by atoms with Gasteiger partial charge in [0.15, 0.2) is 0 Å². The molecule has 0 heterocycles. The SMILES string of the molecule is CCOC(=O)C(=O)C(=O)CC(Cc1ccccc1)NC(=O)OCc1ccccc1. The maximum atomic E-state index is 12.2. The Balaban J connectivity index is 2.00. The molecule has 0 aliphatic carbocycles. The van der Waals surface area contributed by atoms with Crippen LogP contribution in [0.15, 0.2) is 60.7 Å². The molecule has 2 aromatic carbocycles. The summed E-state index contributed by atoms with van der Waals surface area (Å²) in [5, 5.41) is 2.61. The summed E-state index contributed by atoms with van der Waals surface area (Å²) in [6.45, 7) is 1.61. The third kappa shape index (κ3) is 7.57. The van der Waals surface area contributed by atoms with E-state index in [0.717, 1.165) is 11.1 Å². The standard InChI is InChI=1S/C22H23NO6/c1-2-28-21(26)20(25)19(24)14-18(13-16-9-5-3-6-10-16)23-22(27)29-15-17-11-7-4-8-12-17/h3-12,18H,2,13-15H2,1H3,(H,23,27). The minimum Gasteiger partial charge on any atom is -0.460 e. The van der Waals surface area contributed by atoms with E-state index in [1.54, 1.807) is 0 Å². The number of esters is 1. The molecule has 0 bridgehead atoms. The lowest BCUT2D eigenvalue weighted by Crippen LogP contribution is -2.40. The highest BCUT2D eigenvalue weighted by atomic mass is 16.5. The average molecular weight is 397 g/mol. The quantitative estimate of drug-likeness (QED) is 0.376. The molecular weight excluding hydrogens is 374 g/mol. The Labute approximate surface area is 169 Å². The van der Waals surface area contributed by atoms with E-state index in [4.69, 9.17) is 4.74 Å². The van der Waals surface area contributed by atoms with Gasteiger partial charge in [0, 0.05) is 12.5 Å². The van der Waals surface area contributed by atoms with Crippen molar-refractivity contribution in [1.82, 2.24) is 5.32 Å². The molecule has 7 nitrogen and oxygen atoms in total. The highest BCUT2D eigenvalue weighted by molar-refractivity contribution is 6.62. The van der Waals surface area contributed by atoms with Gasteiger partial charge in [-0.05, 0) is 24.5 Å². The summed E-state index contributed by atoms with van der Waals surface area (Å²) >= 11 is 0. The predicted octanol–water partition coefficient (Wildman–Crippen LogP) is 2.62. The number of nitrogens with one attached hydrogen (secondary N) is 1. The molecule has 0 saturated heterocycles. The highest BCUT2D eigenvalue weighted by Crippen LogP contribution is 2.08. The molecule has 2 aromatic rings. The lowest BCUT2D eigenvalue weighted by atomic mass is 10.00. The van der Waals surface area contributed by atoms with Gasteiger partial charge in [0.05, 0.1) is 6.61 Å². The van der Waals surface area contributed by atoms with Gasteiger partial charge in [0.1, 0.15) is 6.61 Å². The van der Waals surface area contributed by atoms with Crippen molar-refractivity contribution in [2.24, 2.45) is 0 Å². The largest absolute Gasteiger partial charge is 0.460 e. The van der Waals surface area contributed by atoms with Crippen LogP contribution >= 0.6 is 0 Å². The Morgan fingerprint density at radius 1 is 0.862 bits per heavy atom. The van der Waals surface area contributed by atoms with Crippen LogP contribution in [0.2, 0.25) is 0 Å². The van der Waals surface area contributed by atoms with E-state index in [0.29, 0.717) is 6.42 Å². The molecule has 7 heteroatoms. The zero-order valence-electron chi connectivity index (χ0n) is 16.1. The van der Waals surface area contributed by atoms with Gasteiger partial charge in [-0.15, -0.1) is 0 Å². The monoisotopic (exact) mass is 397 g/mol. The summed E-state index contributed by atoms with van der Waals surface area (Å²) in [4.78, 5) is 47.7. The number of benzene rings is 2. The summed E-state index contributed by atoms with van der Waals surface area (Å²) < 4.78 is 9.76. The number of amides is 1. The number of rotatable bonds is 10. The first-order valence-electron chi connectivity index (χ1n) is 9.25. The van der Waals surface area contributed by atoms with Crippen LogP contribution in [0.25, 0.3) is 0 Å². The number of ether oxygens (including phenoxy) is 2. The van der Waals surface area contributed by atoms with E-state index in [1.165, 1.54) is 6.92 Å². The third-order valence-electron chi connectivity index (χ3n) is 4.01. The van der Waals surface area contributed by atoms with Gasteiger partial charge in [0.2, 0.25) is 5.78 Å². The molecule has 0 radical (unpaired) electrons. The number of ketones is 2. The van der Waals surface area contributed by atoms with Gasteiger partial charge in [-0.25, -0.2) is 9.59 Å². The van der Waals surface area contributed by atoms with Crippen LogP contribution in [0.3, 0.4) is 0 Å². The first kappa shape index (κ1) is 21.8. The molecule has 1 N–H and O–H groups in total. The Kier molecular flexibility index (Phi) is 8.56. The second kappa shape index (κ2) is 11.4. The molecule has 29 heavy (non-hydrogen) atoms. The number of hydrogen-bond donors (Lipinski definition) is 1. The molecule has 0 saturated carbocycles. The Morgan fingerprint density at radius 2 is 1.45 bits per heavy atom. The Bertz CT molecular complexity index is 835. The minimum atomic E-state index is -1.23. The normalized spacial score (nSPS) is 11.2. The minimum absolute atomic E-state index is 0.00460. The fourth-order valence-electron chi connectivity index (χ4n) is 2.63. The molecule has 1 amide bonds. The van der Waals surface area contributed by atoms with Gasteiger partial charge in [-0.3, -0.25) is 9.59 Å². The van der Waals surface area contributed by atoms with E-state index < -0.39 is 29.7 Å². The zero-order chi connectivity index (χ0) is 21.1. The summed E-state index contributed by atoms with van der Waals surface area (Å²) in [7, 11) is 0. The van der Waals surface area contributed by atoms with E-state index in [-0.39, 0.29) is 19.6 Å². The van der Waals surface area contributed by atoms with Crippen LogP contribution in [-0.2, 0) is 36.9 Å². The van der Waals surface area contributed by atoms with E-state index in [2.05, 4.69) is 10.1 Å². The summed E-state index contributed by atoms with van der Waals surface area (Å²) in [6.07, 6.45) is -0.762. The van der Waals surface area contributed by atoms with Crippen molar-refractivity contribution in [2.75, 3.05) is 6.61 Å². The van der Waals surface area contributed by atoms with Crippen LogP contribution in [0.4, 0.5) is 4.79 Å². The lowest BCUT2D eigenvalue weighted by Gasteiger charge is -2.18. The molecule has 2 rings (SSSR count). The Hall–Kier alpha value is -3.48. The number of carbonyl (C=O) groups is 4. The van der Waals surface area contributed by atoms with Crippen LogP contribution in [0, 0.1) is 0 Å². The first-order valence-corrected chi connectivity index (χ1v) is 9.25. The summed E-state index contributed by atoms with van der Waals surface area (Å²) in [5.74, 6) is -3.35. The first-order chi connectivity index (χ1) is 14.0. The fraction of sp³-hybridized carbons (Fsp3) is 0.273. The van der Waals surface area contributed by atoms with Crippen molar-refractivity contribution in [1.29, 1.82) is 0 Å². The molecule has 1 atom stereocenters. The van der Waals surface area contributed by atoms with Crippen molar-refractivity contribution in [3.8, 4) is 0 Å². The molecule has 0 aliphatic heterocycles. The van der Waals surface area contributed by atoms with E-state index in [1.807, 2.05) is 60.7 Å². The fourth-order valence-corrected chi connectivity index (χ4v) is 2.63. The van der Waals surface area contributed by atoms with Crippen molar-refractivity contribution in [2.45, 2.75) is 32.4 Å². The van der Waals surface area contributed by atoms with Gasteiger partial charge < -0.3 is 14.8 Å². The van der Waals surface area contributed by atoms with Crippen molar-refractivity contribution in [3.05, 3.63) is 71.8 Å². The van der Waals surface area contributed by atoms with Crippen LogP contribution in [-0.4, -0.2) is 36.3 Å². The van der Waals surface area contributed by atoms with Crippen LogP contribution < -0.4 is 5.32 Å². The maximum Gasteiger partial charge on any atom is 0.407 e. The van der Waals surface area contributed by atoms with Gasteiger partial charge in [0.25, 0.3) is 0 Å². The molecular formula is C22H23NO6. The number of hydrogen-bond acceptors (Lipinski definition) is 6. The van der Waals surface area contributed by atoms with Gasteiger partial charge >= 0.3 is 17.8 Å².